The van der Waals surface area contributed by atoms with E-state index >= 15 is 0 Å². The molecule has 0 bridgehead atoms. The van der Waals surface area contributed by atoms with Crippen molar-refractivity contribution in [2.75, 3.05) is 25.4 Å². The van der Waals surface area contributed by atoms with Crippen LogP contribution in [0, 0.1) is 0 Å². The second-order valence-electron chi connectivity index (χ2n) is 10.8. The van der Waals surface area contributed by atoms with E-state index in [9.17, 15) is 38.7 Å². The average molecular weight is 632 g/mol. The third-order valence-corrected chi connectivity index (χ3v) is 9.62. The van der Waals surface area contributed by atoms with Crippen LogP contribution in [0.15, 0.2) is 22.6 Å². The van der Waals surface area contributed by atoms with Gasteiger partial charge in [-0.15, -0.1) is 11.8 Å². The second kappa shape index (κ2) is 10.4. The molecule has 19 heteroatoms. The summed E-state index contributed by atoms with van der Waals surface area (Å²) in [4.78, 5) is 96.3. The van der Waals surface area contributed by atoms with Crippen LogP contribution in [0.4, 0.5) is 10.8 Å². The lowest BCUT2D eigenvalue weighted by atomic mass is 9.88. The first kappa shape index (κ1) is 30.5. The van der Waals surface area contributed by atoms with Gasteiger partial charge in [0, 0.05) is 25.2 Å². The molecule has 0 spiro atoms. The van der Waals surface area contributed by atoms with Crippen LogP contribution in [-0.2, 0) is 34.4 Å². The number of carbonyl (C=O) groups is 7. The number of piperazine rings is 1. The third-order valence-electron chi connectivity index (χ3n) is 8.01. The maximum Gasteiger partial charge on any atom is 0.352 e. The molecule has 18 nitrogen and oxygen atoms in total. The number of nitrogens with zero attached hydrogens (tertiary/aromatic N) is 4. The van der Waals surface area contributed by atoms with E-state index in [1.165, 1.54) is 36.9 Å². The van der Waals surface area contributed by atoms with E-state index in [1.807, 2.05) is 0 Å². The molecule has 0 aliphatic carbocycles. The van der Waals surface area contributed by atoms with Crippen molar-refractivity contribution in [3.05, 3.63) is 23.8 Å². The van der Waals surface area contributed by atoms with Gasteiger partial charge in [0.05, 0.1) is 4.75 Å². The molecular formula is C25H29N9O9S. The quantitative estimate of drug-likeness (QED) is 0.0771. The summed E-state index contributed by atoms with van der Waals surface area (Å²) in [7, 11) is 0. The highest BCUT2D eigenvalue weighted by atomic mass is 32.2. The van der Waals surface area contributed by atoms with Gasteiger partial charge in [0.1, 0.15) is 16.9 Å². The zero-order chi connectivity index (χ0) is 32.4. The number of carbonyl (C=O) groups excluding carboxylic acids is 6. The molecule has 1 aromatic carbocycles. The Bertz CT molecular complexity index is 1630. The number of anilines is 1. The van der Waals surface area contributed by atoms with Crippen LogP contribution >= 0.6 is 11.8 Å². The molecule has 8 N–H and O–H groups in total. The van der Waals surface area contributed by atoms with Gasteiger partial charge in [-0.05, 0) is 32.9 Å². The molecule has 3 saturated heterocycles. The van der Waals surface area contributed by atoms with Gasteiger partial charge >= 0.3 is 23.8 Å². The molecule has 0 saturated carbocycles. The minimum absolute atomic E-state index is 0.0583. The Kier molecular flexibility index (Phi) is 7.20. The highest BCUT2D eigenvalue weighted by Crippen LogP contribution is 2.55. The molecule has 3 fully saturated rings. The Morgan fingerprint density at radius 1 is 1.23 bits per heavy atom. The molecule has 3 aliphatic rings. The van der Waals surface area contributed by atoms with Crippen molar-refractivity contribution in [1.82, 2.24) is 35.6 Å². The van der Waals surface area contributed by atoms with E-state index in [1.54, 1.807) is 6.92 Å². The van der Waals surface area contributed by atoms with Crippen LogP contribution in [0.1, 0.15) is 26.3 Å². The first-order chi connectivity index (χ1) is 20.6. The number of imide groups is 1. The average Bonchev–Trinajstić information content (AvgIpc) is 3.44. The molecule has 4 heterocycles. The van der Waals surface area contributed by atoms with Gasteiger partial charge in [-0.3, -0.25) is 39.5 Å². The maximum atomic E-state index is 13.9. The largest absolute Gasteiger partial charge is 0.478 e. The van der Waals surface area contributed by atoms with E-state index in [0.717, 1.165) is 16.7 Å². The number of aromatic nitrogens is 1. The van der Waals surface area contributed by atoms with Crippen molar-refractivity contribution in [3.8, 4) is 0 Å². The van der Waals surface area contributed by atoms with Crippen LogP contribution in [0.2, 0.25) is 0 Å². The molecule has 2 aromatic rings. The zero-order valence-electron chi connectivity index (χ0n) is 23.7. The van der Waals surface area contributed by atoms with Gasteiger partial charge in [0.15, 0.2) is 11.2 Å². The first-order valence-corrected chi connectivity index (χ1v) is 14.2. The van der Waals surface area contributed by atoms with Crippen molar-refractivity contribution in [3.63, 3.8) is 0 Å². The predicted molar refractivity (Wildman–Crippen MR) is 151 cm³/mol. The fraction of sp³-hybridized carbons (Fsp3) is 0.440. The molecule has 5 rings (SSSR count). The SMILES string of the molecule is CCN1CCN(C(=O)NC(N)(C(=O)N[C@H]2C(=O)N3[C@@H]2SC(C)(C)[C@]3(NC=O)C(=O)O)c2ccc3nc(N)oc3c2)C(=O)C1=O. The number of aliphatic carboxylic acids is 1. The number of carboxylic acids is 1. The van der Waals surface area contributed by atoms with Crippen LogP contribution in [0.25, 0.3) is 11.1 Å². The number of carboxylic acid groups (broad SMARTS) is 1. The number of amides is 7. The van der Waals surface area contributed by atoms with Gasteiger partial charge in [-0.1, -0.05) is 6.07 Å². The molecule has 44 heavy (non-hydrogen) atoms. The number of nitrogens with one attached hydrogen (secondary N) is 3. The lowest BCUT2D eigenvalue weighted by Crippen LogP contribution is -2.80. The van der Waals surface area contributed by atoms with E-state index in [0.29, 0.717) is 10.4 Å². The zero-order valence-corrected chi connectivity index (χ0v) is 24.5. The molecule has 3 aliphatic heterocycles. The smallest absolute Gasteiger partial charge is 0.352 e. The maximum absolute atomic E-state index is 13.9. The van der Waals surface area contributed by atoms with Crippen molar-refractivity contribution in [1.29, 1.82) is 0 Å². The van der Waals surface area contributed by atoms with E-state index < -0.39 is 63.1 Å². The summed E-state index contributed by atoms with van der Waals surface area (Å²) in [5.74, 6) is -5.46. The van der Waals surface area contributed by atoms with Crippen LogP contribution < -0.4 is 27.4 Å². The molecular weight excluding hydrogens is 602 g/mol. The highest BCUT2D eigenvalue weighted by Gasteiger charge is 2.73. The number of nitrogen functional groups attached to an aromatic ring is 1. The number of benzene rings is 1. The topological polar surface area (TPSA) is 264 Å². The van der Waals surface area contributed by atoms with Crippen molar-refractivity contribution < 1.29 is 43.1 Å². The van der Waals surface area contributed by atoms with Gasteiger partial charge < -0.3 is 36.1 Å². The normalized spacial score (nSPS) is 25.6. The molecule has 4 atom stereocenters. The standard InChI is InChI=1S/C25H29N9O9S/c1-4-32-7-8-33(17(38)16(32)37)22(42)31-24(27,11-5-6-12-13(9-11)43-21(26)29-12)19(39)30-14-15(36)34-18(14)44-23(2,3)25(34,20(40)41)28-10-35/h5-6,9-10,14,18H,4,7-8,27H2,1-3H3,(H2,26,29)(H,28,35)(H,30,39)(H,31,42)(H,40,41)/t14-,18+,24?,25-/m0/s1. The van der Waals surface area contributed by atoms with Gasteiger partial charge in [0.2, 0.25) is 12.1 Å². The number of nitrogens with two attached hydrogens (primary N) is 2. The number of hydrogen-bond acceptors (Lipinski definition) is 12. The Morgan fingerprint density at radius 3 is 2.57 bits per heavy atom. The number of oxazole rings is 1. The first-order valence-electron chi connectivity index (χ1n) is 13.3. The Morgan fingerprint density at radius 2 is 1.93 bits per heavy atom. The van der Waals surface area contributed by atoms with Crippen molar-refractivity contribution in [2.45, 2.75) is 48.3 Å². The Balaban J connectivity index is 1.47. The predicted octanol–water partition coefficient (Wildman–Crippen LogP) is -2.37. The number of hydrogen-bond donors (Lipinski definition) is 6. The van der Waals surface area contributed by atoms with Gasteiger partial charge in [-0.2, -0.15) is 4.98 Å². The summed E-state index contributed by atoms with van der Waals surface area (Å²) in [5, 5.41) is 16.1. The summed E-state index contributed by atoms with van der Waals surface area (Å²) in [6.45, 7) is 4.85. The fourth-order valence-corrected chi connectivity index (χ4v) is 7.32. The third kappa shape index (κ3) is 4.29. The number of likely N-dealkylation sites (N-methyl/N-ethyl adjacent to an activating group) is 1. The fourth-order valence-electron chi connectivity index (χ4n) is 5.61. The minimum atomic E-state index is -2.47. The molecule has 234 valence electrons. The minimum Gasteiger partial charge on any atom is -0.478 e. The number of rotatable bonds is 8. The van der Waals surface area contributed by atoms with Crippen molar-refractivity contribution >= 4 is 70.9 Å². The Labute approximate surface area is 252 Å². The van der Waals surface area contributed by atoms with Crippen LogP contribution in [0.3, 0.4) is 0 Å². The second-order valence-corrected chi connectivity index (χ2v) is 12.5. The van der Waals surface area contributed by atoms with E-state index in [-0.39, 0.29) is 43.2 Å². The Hall–Kier alpha value is -4.91. The van der Waals surface area contributed by atoms with E-state index in [2.05, 4.69) is 20.9 Å². The molecule has 1 aromatic heterocycles. The lowest BCUT2D eigenvalue weighted by molar-refractivity contribution is -0.175. The monoisotopic (exact) mass is 631 g/mol. The van der Waals surface area contributed by atoms with Crippen molar-refractivity contribution in [2.24, 2.45) is 5.73 Å². The molecule has 1 unspecified atom stereocenters. The number of thioether (sulfide) groups is 1. The summed E-state index contributed by atoms with van der Waals surface area (Å²) >= 11 is 1.02. The number of β-lactam (4-membered cyclic amide) rings is 1. The summed E-state index contributed by atoms with van der Waals surface area (Å²) in [6.07, 6.45) is 0.178. The number of fused-ring (bicyclic) bond motifs is 2. The number of urea groups is 1. The summed E-state index contributed by atoms with van der Waals surface area (Å²) in [6, 6.07) is 1.38. The molecule has 0 radical (unpaired) electrons. The summed E-state index contributed by atoms with van der Waals surface area (Å²) in [5.41, 5.74) is 7.95. The van der Waals surface area contributed by atoms with Crippen LogP contribution in [0.5, 0.6) is 0 Å². The van der Waals surface area contributed by atoms with Crippen LogP contribution in [-0.4, -0.2) is 108 Å². The lowest BCUT2D eigenvalue weighted by Gasteiger charge is -2.49. The molecule has 7 amide bonds. The van der Waals surface area contributed by atoms with Gasteiger partial charge in [-0.25, -0.2) is 9.59 Å². The van der Waals surface area contributed by atoms with E-state index in [4.69, 9.17) is 15.9 Å². The van der Waals surface area contributed by atoms with Gasteiger partial charge in [0.25, 0.3) is 17.8 Å². The highest BCUT2D eigenvalue weighted by molar-refractivity contribution is 8.01. The summed E-state index contributed by atoms with van der Waals surface area (Å²) < 4.78 is 4.10.